The molecule has 1 saturated carbocycles. The first-order valence-corrected chi connectivity index (χ1v) is 10.4. The van der Waals surface area contributed by atoms with Crippen molar-refractivity contribution in [1.82, 2.24) is 15.5 Å². The van der Waals surface area contributed by atoms with Gasteiger partial charge < -0.3 is 30.1 Å². The van der Waals surface area contributed by atoms with Crippen molar-refractivity contribution >= 4 is 17.9 Å². The van der Waals surface area contributed by atoms with Gasteiger partial charge in [-0.1, -0.05) is 12.1 Å². The highest BCUT2D eigenvalue weighted by Crippen LogP contribution is 2.37. The molecule has 31 heavy (non-hydrogen) atoms. The van der Waals surface area contributed by atoms with Crippen molar-refractivity contribution in [3.8, 4) is 5.75 Å². The third-order valence-corrected chi connectivity index (χ3v) is 5.30. The SMILES string of the molecule is COc1ccc([C@]2(O)C[C@@H](C(=O)NC3CC3)N(C(=O)CNC(=O)OC(C)(C)C)C2)cc1. The minimum Gasteiger partial charge on any atom is -0.497 e. The van der Waals surface area contributed by atoms with Gasteiger partial charge in [-0.2, -0.15) is 0 Å². The Morgan fingerprint density at radius 3 is 2.39 bits per heavy atom. The van der Waals surface area contributed by atoms with Crippen LogP contribution in [0.15, 0.2) is 24.3 Å². The van der Waals surface area contributed by atoms with E-state index in [9.17, 15) is 19.5 Å². The minimum atomic E-state index is -1.39. The number of hydrogen-bond acceptors (Lipinski definition) is 6. The van der Waals surface area contributed by atoms with Crippen LogP contribution in [0.2, 0.25) is 0 Å². The van der Waals surface area contributed by atoms with Crippen molar-refractivity contribution in [1.29, 1.82) is 0 Å². The van der Waals surface area contributed by atoms with Crippen LogP contribution in [0, 0.1) is 0 Å². The molecule has 1 saturated heterocycles. The van der Waals surface area contributed by atoms with E-state index in [2.05, 4.69) is 10.6 Å². The number of likely N-dealkylation sites (tertiary alicyclic amines) is 1. The van der Waals surface area contributed by atoms with Crippen LogP contribution in [0.4, 0.5) is 4.79 Å². The number of nitrogens with zero attached hydrogens (tertiary/aromatic N) is 1. The summed E-state index contributed by atoms with van der Waals surface area (Å²) in [5.74, 6) is -0.119. The first-order valence-electron chi connectivity index (χ1n) is 10.4. The predicted molar refractivity (Wildman–Crippen MR) is 112 cm³/mol. The summed E-state index contributed by atoms with van der Waals surface area (Å²) in [7, 11) is 1.55. The summed E-state index contributed by atoms with van der Waals surface area (Å²) in [6.07, 6.45) is 1.17. The van der Waals surface area contributed by atoms with E-state index in [0.29, 0.717) is 11.3 Å². The highest BCUT2D eigenvalue weighted by Gasteiger charge is 2.49. The summed E-state index contributed by atoms with van der Waals surface area (Å²) in [6.45, 7) is 4.78. The van der Waals surface area contributed by atoms with Crippen LogP contribution in [-0.2, 0) is 19.9 Å². The van der Waals surface area contributed by atoms with Crippen LogP contribution in [0.25, 0.3) is 0 Å². The van der Waals surface area contributed by atoms with E-state index in [0.717, 1.165) is 12.8 Å². The second kappa shape index (κ2) is 8.74. The monoisotopic (exact) mass is 433 g/mol. The molecule has 9 nitrogen and oxygen atoms in total. The molecule has 0 unspecified atom stereocenters. The second-order valence-corrected chi connectivity index (χ2v) is 9.14. The maximum absolute atomic E-state index is 12.9. The maximum Gasteiger partial charge on any atom is 0.408 e. The smallest absolute Gasteiger partial charge is 0.408 e. The fourth-order valence-electron chi connectivity index (χ4n) is 3.58. The number of benzene rings is 1. The molecule has 2 aliphatic rings. The lowest BCUT2D eigenvalue weighted by Crippen LogP contribution is -2.49. The molecule has 0 radical (unpaired) electrons. The predicted octanol–water partition coefficient (Wildman–Crippen LogP) is 1.29. The summed E-state index contributed by atoms with van der Waals surface area (Å²) in [5.41, 5.74) is -1.49. The van der Waals surface area contributed by atoms with Crippen LogP contribution in [0.5, 0.6) is 5.75 Å². The lowest BCUT2D eigenvalue weighted by atomic mass is 9.91. The Labute approximate surface area is 182 Å². The highest BCUT2D eigenvalue weighted by molar-refractivity contribution is 5.90. The molecule has 3 amide bonds. The van der Waals surface area contributed by atoms with Gasteiger partial charge in [0, 0.05) is 12.5 Å². The van der Waals surface area contributed by atoms with Gasteiger partial charge in [0.05, 0.1) is 13.7 Å². The Hall–Kier alpha value is -2.81. The molecule has 2 fully saturated rings. The quantitative estimate of drug-likeness (QED) is 0.622. The third-order valence-electron chi connectivity index (χ3n) is 5.30. The number of nitrogens with one attached hydrogen (secondary N) is 2. The molecule has 0 spiro atoms. The van der Waals surface area contributed by atoms with Crippen LogP contribution in [0.3, 0.4) is 0 Å². The van der Waals surface area contributed by atoms with Gasteiger partial charge in [0.25, 0.3) is 0 Å². The summed E-state index contributed by atoms with van der Waals surface area (Å²) >= 11 is 0. The Bertz CT molecular complexity index is 831. The van der Waals surface area contributed by atoms with Crippen LogP contribution in [-0.4, -0.2) is 65.8 Å². The molecule has 3 rings (SSSR count). The lowest BCUT2D eigenvalue weighted by molar-refractivity contribution is -0.138. The van der Waals surface area contributed by atoms with Gasteiger partial charge in [-0.25, -0.2) is 4.79 Å². The number of rotatable bonds is 6. The van der Waals surface area contributed by atoms with Crippen molar-refractivity contribution in [2.75, 3.05) is 20.2 Å². The lowest BCUT2D eigenvalue weighted by Gasteiger charge is -2.25. The number of aliphatic hydroxyl groups is 1. The van der Waals surface area contributed by atoms with E-state index >= 15 is 0 Å². The normalized spacial score (nSPS) is 23.3. The molecule has 9 heteroatoms. The van der Waals surface area contributed by atoms with Crippen molar-refractivity contribution in [3.05, 3.63) is 29.8 Å². The number of ether oxygens (including phenoxy) is 2. The molecular weight excluding hydrogens is 402 g/mol. The van der Waals surface area contributed by atoms with Gasteiger partial charge in [-0.05, 0) is 51.3 Å². The average Bonchev–Trinajstić information content (AvgIpc) is 3.44. The summed E-state index contributed by atoms with van der Waals surface area (Å²) < 4.78 is 10.3. The number of carbonyl (C=O) groups excluding carboxylic acids is 3. The first-order chi connectivity index (χ1) is 14.5. The molecule has 170 valence electrons. The van der Waals surface area contributed by atoms with Crippen molar-refractivity contribution in [2.24, 2.45) is 0 Å². The standard InChI is InChI=1S/C22H31N3O6/c1-21(2,3)31-20(28)23-12-18(26)25-13-22(29,14-5-9-16(30-4)10-6-14)11-17(25)19(27)24-15-7-8-15/h5-6,9-10,15,17,29H,7-8,11-13H2,1-4H3,(H,23,28)(H,24,27)/t17-,22-/m0/s1. The van der Waals surface area contributed by atoms with Crippen LogP contribution < -0.4 is 15.4 Å². The number of methoxy groups -OCH3 is 1. The average molecular weight is 434 g/mol. The van der Waals surface area contributed by atoms with Gasteiger partial charge >= 0.3 is 6.09 Å². The number of carbonyl (C=O) groups is 3. The van der Waals surface area contributed by atoms with E-state index in [1.165, 1.54) is 4.90 Å². The molecule has 3 N–H and O–H groups in total. The van der Waals surface area contributed by atoms with Crippen molar-refractivity contribution < 1.29 is 29.0 Å². The summed E-state index contributed by atoms with van der Waals surface area (Å²) in [5, 5.41) is 16.7. The fraction of sp³-hybridized carbons (Fsp3) is 0.591. The molecule has 1 heterocycles. The number of amides is 3. The molecule has 1 aromatic rings. The van der Waals surface area contributed by atoms with Gasteiger partial charge in [-0.3, -0.25) is 9.59 Å². The van der Waals surface area contributed by atoms with Gasteiger partial charge in [-0.15, -0.1) is 0 Å². The Morgan fingerprint density at radius 2 is 1.84 bits per heavy atom. The molecule has 0 aromatic heterocycles. The topological polar surface area (TPSA) is 117 Å². The number of alkyl carbamates (subject to hydrolysis) is 1. The van der Waals surface area contributed by atoms with Crippen LogP contribution in [0.1, 0.15) is 45.6 Å². The molecule has 1 aromatic carbocycles. The minimum absolute atomic E-state index is 0.0586. The Balaban J connectivity index is 1.73. The highest BCUT2D eigenvalue weighted by atomic mass is 16.6. The molecule has 2 atom stereocenters. The zero-order valence-corrected chi connectivity index (χ0v) is 18.4. The van der Waals surface area contributed by atoms with Crippen molar-refractivity contribution in [2.45, 2.75) is 63.3 Å². The van der Waals surface area contributed by atoms with E-state index in [1.807, 2.05) is 0 Å². The van der Waals surface area contributed by atoms with E-state index < -0.39 is 29.2 Å². The Morgan fingerprint density at radius 1 is 1.19 bits per heavy atom. The molecule has 1 aliphatic heterocycles. The summed E-state index contributed by atoms with van der Waals surface area (Å²) in [6, 6.07) is 6.19. The zero-order chi connectivity index (χ0) is 22.8. The Kier molecular flexibility index (Phi) is 6.45. The van der Waals surface area contributed by atoms with Gasteiger partial charge in [0.2, 0.25) is 11.8 Å². The maximum atomic E-state index is 12.9. The number of β-amino-alcohol motifs (C(OH)–C–C–N with tert-alkyl or cyclic N) is 1. The largest absolute Gasteiger partial charge is 0.497 e. The third kappa shape index (κ3) is 5.88. The second-order valence-electron chi connectivity index (χ2n) is 9.14. The van der Waals surface area contributed by atoms with Gasteiger partial charge in [0.15, 0.2) is 0 Å². The summed E-state index contributed by atoms with van der Waals surface area (Å²) in [4.78, 5) is 38.9. The molecular formula is C22H31N3O6. The first kappa shape index (κ1) is 22.9. The van der Waals surface area contributed by atoms with Crippen LogP contribution >= 0.6 is 0 Å². The van der Waals surface area contributed by atoms with E-state index in [4.69, 9.17) is 9.47 Å². The zero-order valence-electron chi connectivity index (χ0n) is 18.4. The van der Waals surface area contributed by atoms with Crippen molar-refractivity contribution in [3.63, 3.8) is 0 Å². The fourth-order valence-corrected chi connectivity index (χ4v) is 3.58. The molecule has 0 bridgehead atoms. The van der Waals surface area contributed by atoms with Gasteiger partial charge in [0.1, 0.15) is 29.5 Å². The number of hydrogen-bond donors (Lipinski definition) is 3. The molecule has 1 aliphatic carbocycles. The van der Waals surface area contributed by atoms with E-state index in [1.54, 1.807) is 52.1 Å². The van der Waals surface area contributed by atoms with E-state index in [-0.39, 0.29) is 31.5 Å².